The van der Waals surface area contributed by atoms with Gasteiger partial charge < -0.3 is 10.6 Å². The second-order valence-corrected chi connectivity index (χ2v) is 6.90. The molecule has 0 spiro atoms. The Morgan fingerprint density at radius 3 is 2.70 bits per heavy atom. The molecule has 6 heteroatoms. The van der Waals surface area contributed by atoms with Crippen LogP contribution < -0.4 is 10.6 Å². The van der Waals surface area contributed by atoms with E-state index in [2.05, 4.69) is 53.9 Å². The summed E-state index contributed by atoms with van der Waals surface area (Å²) in [5, 5.41) is 9.90. The van der Waals surface area contributed by atoms with Crippen molar-refractivity contribution in [2.24, 2.45) is 0 Å². The smallest absolute Gasteiger partial charge is 0.271 e. The number of hydrogen-bond acceptors (Lipinski definition) is 3. The molecule has 27 heavy (non-hydrogen) atoms. The molecule has 1 fully saturated rings. The van der Waals surface area contributed by atoms with Crippen LogP contribution in [0.4, 0.5) is 0 Å². The third kappa shape index (κ3) is 4.64. The molecule has 142 valence electrons. The minimum absolute atomic E-state index is 0.182. The van der Waals surface area contributed by atoms with Gasteiger partial charge in [0.05, 0.1) is 6.54 Å². The topological polar surface area (TPSA) is 76.0 Å². The van der Waals surface area contributed by atoms with E-state index in [9.17, 15) is 9.59 Å². The SMILES string of the molecule is CC/C=C\c1cc(Cn2nc(C(=O)NC)cc2C(=O)NC2CC2)ccc1C. The number of benzene rings is 1. The number of aromatic nitrogens is 2. The zero-order valence-corrected chi connectivity index (χ0v) is 16.1. The lowest BCUT2D eigenvalue weighted by atomic mass is 10.0. The van der Waals surface area contributed by atoms with Crippen LogP contribution >= 0.6 is 0 Å². The Morgan fingerprint density at radius 1 is 1.26 bits per heavy atom. The molecule has 3 rings (SSSR count). The largest absolute Gasteiger partial charge is 0.354 e. The minimum atomic E-state index is -0.301. The van der Waals surface area contributed by atoms with Crippen LogP contribution in [0.3, 0.4) is 0 Å². The molecule has 2 amide bonds. The van der Waals surface area contributed by atoms with Crippen molar-refractivity contribution in [3.63, 3.8) is 0 Å². The van der Waals surface area contributed by atoms with Crippen molar-refractivity contribution in [2.75, 3.05) is 7.05 Å². The zero-order valence-electron chi connectivity index (χ0n) is 16.1. The van der Waals surface area contributed by atoms with Crippen LogP contribution in [0.25, 0.3) is 6.08 Å². The van der Waals surface area contributed by atoms with Crippen molar-refractivity contribution < 1.29 is 9.59 Å². The van der Waals surface area contributed by atoms with Crippen LogP contribution in [-0.2, 0) is 6.54 Å². The van der Waals surface area contributed by atoms with E-state index in [-0.39, 0.29) is 23.6 Å². The molecule has 2 N–H and O–H groups in total. The normalized spacial score (nSPS) is 13.7. The fraction of sp³-hybridized carbons (Fsp3) is 0.381. The Balaban J connectivity index is 1.90. The van der Waals surface area contributed by atoms with Gasteiger partial charge in [0.1, 0.15) is 5.69 Å². The summed E-state index contributed by atoms with van der Waals surface area (Å²) >= 11 is 0. The van der Waals surface area contributed by atoms with Crippen LogP contribution in [0.15, 0.2) is 30.3 Å². The summed E-state index contributed by atoms with van der Waals surface area (Å²) < 4.78 is 1.61. The van der Waals surface area contributed by atoms with Crippen LogP contribution in [0, 0.1) is 6.92 Å². The molecule has 1 aromatic carbocycles. The minimum Gasteiger partial charge on any atom is -0.354 e. The molecule has 1 saturated carbocycles. The summed E-state index contributed by atoms with van der Waals surface area (Å²) in [6, 6.07) is 8.00. The number of nitrogens with zero attached hydrogens (tertiary/aromatic N) is 2. The molecular formula is C21H26N4O2. The molecule has 1 aromatic heterocycles. The first-order valence-corrected chi connectivity index (χ1v) is 9.38. The highest BCUT2D eigenvalue weighted by Gasteiger charge is 2.26. The fourth-order valence-electron chi connectivity index (χ4n) is 2.83. The van der Waals surface area contributed by atoms with Gasteiger partial charge in [0.25, 0.3) is 11.8 Å². The van der Waals surface area contributed by atoms with Gasteiger partial charge in [0.2, 0.25) is 0 Å². The zero-order chi connectivity index (χ0) is 19.4. The Labute approximate surface area is 159 Å². The number of amides is 2. The fourth-order valence-corrected chi connectivity index (χ4v) is 2.83. The van der Waals surface area contributed by atoms with Gasteiger partial charge in [-0.1, -0.05) is 31.2 Å². The van der Waals surface area contributed by atoms with Gasteiger partial charge in [-0.15, -0.1) is 0 Å². The Hall–Kier alpha value is -2.89. The van der Waals surface area contributed by atoms with Crippen molar-refractivity contribution in [3.8, 4) is 0 Å². The summed E-state index contributed by atoms with van der Waals surface area (Å²) in [4.78, 5) is 24.6. The molecule has 0 aliphatic heterocycles. The maximum Gasteiger partial charge on any atom is 0.271 e. The summed E-state index contributed by atoms with van der Waals surface area (Å²) in [5.41, 5.74) is 4.03. The van der Waals surface area contributed by atoms with Crippen LogP contribution in [-0.4, -0.2) is 34.7 Å². The summed E-state index contributed by atoms with van der Waals surface area (Å²) in [6.07, 6.45) is 7.22. The molecule has 1 aliphatic carbocycles. The van der Waals surface area contributed by atoms with Gasteiger partial charge in [-0.05, 0) is 48.9 Å². The molecule has 0 saturated heterocycles. The van der Waals surface area contributed by atoms with Crippen molar-refractivity contribution >= 4 is 17.9 Å². The predicted octanol–water partition coefficient (Wildman–Crippen LogP) is 2.91. The molecular weight excluding hydrogens is 340 g/mol. The van der Waals surface area contributed by atoms with Crippen LogP contribution in [0.5, 0.6) is 0 Å². The van der Waals surface area contributed by atoms with E-state index in [1.807, 2.05) is 6.07 Å². The van der Waals surface area contributed by atoms with Crippen molar-refractivity contribution in [2.45, 2.75) is 45.7 Å². The number of rotatable bonds is 7. The first kappa shape index (κ1) is 18.9. The van der Waals surface area contributed by atoms with Crippen LogP contribution in [0.2, 0.25) is 0 Å². The highest BCUT2D eigenvalue weighted by molar-refractivity contribution is 5.98. The molecule has 0 unspecified atom stereocenters. The lowest BCUT2D eigenvalue weighted by molar-refractivity contribution is 0.0937. The van der Waals surface area contributed by atoms with Gasteiger partial charge in [-0.2, -0.15) is 5.10 Å². The van der Waals surface area contributed by atoms with Crippen molar-refractivity contribution in [3.05, 3.63) is 58.4 Å². The van der Waals surface area contributed by atoms with Gasteiger partial charge in [0, 0.05) is 19.2 Å². The van der Waals surface area contributed by atoms with E-state index in [0.29, 0.717) is 12.2 Å². The van der Waals surface area contributed by atoms with E-state index in [0.717, 1.165) is 30.4 Å². The highest BCUT2D eigenvalue weighted by atomic mass is 16.2. The van der Waals surface area contributed by atoms with E-state index < -0.39 is 0 Å². The first-order chi connectivity index (χ1) is 13.0. The molecule has 0 atom stereocenters. The van der Waals surface area contributed by atoms with Gasteiger partial charge >= 0.3 is 0 Å². The Bertz CT molecular complexity index is 878. The average molecular weight is 366 g/mol. The standard InChI is InChI=1S/C21H26N4O2/c1-4-5-6-16-11-15(8-7-14(16)2)13-25-19(21(27)23-17-9-10-17)12-18(24-25)20(26)22-3/h5-8,11-12,17H,4,9-10,13H2,1-3H3,(H,22,26)(H,23,27)/b6-5-. The third-order valence-corrected chi connectivity index (χ3v) is 4.59. The van der Waals surface area contributed by atoms with E-state index in [1.54, 1.807) is 17.8 Å². The second kappa shape index (κ2) is 8.20. The summed E-state index contributed by atoms with van der Waals surface area (Å²) in [7, 11) is 1.55. The lowest BCUT2D eigenvalue weighted by Gasteiger charge is -2.10. The molecule has 0 bridgehead atoms. The first-order valence-electron chi connectivity index (χ1n) is 9.38. The third-order valence-electron chi connectivity index (χ3n) is 4.59. The number of aryl methyl sites for hydroxylation is 1. The molecule has 2 aromatic rings. The van der Waals surface area contributed by atoms with Gasteiger partial charge in [-0.3, -0.25) is 14.3 Å². The maximum atomic E-state index is 12.6. The number of hydrogen-bond donors (Lipinski definition) is 2. The Morgan fingerprint density at radius 2 is 2.04 bits per heavy atom. The monoisotopic (exact) mass is 366 g/mol. The van der Waals surface area contributed by atoms with Crippen molar-refractivity contribution in [1.82, 2.24) is 20.4 Å². The Kier molecular flexibility index (Phi) is 5.74. The molecule has 1 aliphatic rings. The van der Waals surface area contributed by atoms with Crippen LogP contribution in [0.1, 0.15) is 63.9 Å². The number of allylic oxidation sites excluding steroid dienone is 1. The van der Waals surface area contributed by atoms with E-state index >= 15 is 0 Å². The lowest BCUT2D eigenvalue weighted by Crippen LogP contribution is -2.28. The predicted molar refractivity (Wildman–Crippen MR) is 106 cm³/mol. The molecule has 0 radical (unpaired) electrons. The molecule has 6 nitrogen and oxygen atoms in total. The highest BCUT2D eigenvalue weighted by Crippen LogP contribution is 2.20. The van der Waals surface area contributed by atoms with Crippen molar-refractivity contribution in [1.29, 1.82) is 0 Å². The molecule has 1 heterocycles. The summed E-state index contributed by atoms with van der Waals surface area (Å²) in [5.74, 6) is -0.483. The maximum absolute atomic E-state index is 12.6. The quantitative estimate of drug-likeness (QED) is 0.791. The number of nitrogens with one attached hydrogen (secondary N) is 2. The average Bonchev–Trinajstić information content (AvgIpc) is 3.38. The summed E-state index contributed by atoms with van der Waals surface area (Å²) in [6.45, 7) is 4.60. The van der Waals surface area contributed by atoms with Gasteiger partial charge in [0.15, 0.2) is 5.69 Å². The number of carbonyl (C=O) groups is 2. The van der Waals surface area contributed by atoms with Gasteiger partial charge in [-0.25, -0.2) is 0 Å². The van der Waals surface area contributed by atoms with E-state index in [1.165, 1.54) is 5.56 Å². The second-order valence-electron chi connectivity index (χ2n) is 6.90. The van der Waals surface area contributed by atoms with E-state index in [4.69, 9.17) is 0 Å². The number of carbonyl (C=O) groups excluding carboxylic acids is 2.